The number of hydrogen-bond acceptors (Lipinski definition) is 3. The second-order valence-electron chi connectivity index (χ2n) is 7.46. The van der Waals surface area contributed by atoms with Crippen molar-refractivity contribution in [2.45, 2.75) is 32.7 Å². The highest BCUT2D eigenvalue weighted by atomic mass is 16.1. The monoisotopic (exact) mass is 347 g/mol. The lowest BCUT2D eigenvalue weighted by Crippen LogP contribution is -2.24. The Bertz CT molecular complexity index is 1100. The smallest absolute Gasteiger partial charge is 0.268 e. The lowest BCUT2D eigenvalue weighted by atomic mass is 9.87. The summed E-state index contributed by atoms with van der Waals surface area (Å²) in [6.45, 7) is 6.83. The number of pyridine rings is 1. The molecule has 0 aliphatic rings. The van der Waals surface area contributed by atoms with E-state index in [0.717, 1.165) is 16.6 Å². The highest BCUT2D eigenvalue weighted by Crippen LogP contribution is 2.26. The van der Waals surface area contributed by atoms with Crippen LogP contribution in [0.3, 0.4) is 0 Å². The minimum atomic E-state index is -0.161. The SMILES string of the molecule is CC(C)(C)c1ccc2cc(C(=O)NCc3nnc4ccccn34)[nH]c2c1. The van der Waals surface area contributed by atoms with Crippen molar-refractivity contribution in [1.82, 2.24) is 24.9 Å². The summed E-state index contributed by atoms with van der Waals surface area (Å²) >= 11 is 0. The molecular weight excluding hydrogens is 326 g/mol. The van der Waals surface area contributed by atoms with Gasteiger partial charge in [0.1, 0.15) is 5.69 Å². The molecule has 4 rings (SSSR count). The zero-order chi connectivity index (χ0) is 18.3. The van der Waals surface area contributed by atoms with Gasteiger partial charge >= 0.3 is 0 Å². The molecule has 0 atom stereocenters. The third kappa shape index (κ3) is 2.94. The summed E-state index contributed by atoms with van der Waals surface area (Å²) in [7, 11) is 0. The van der Waals surface area contributed by atoms with Crippen molar-refractivity contribution in [1.29, 1.82) is 0 Å². The Morgan fingerprint density at radius 1 is 1.15 bits per heavy atom. The van der Waals surface area contributed by atoms with Gasteiger partial charge in [-0.15, -0.1) is 10.2 Å². The van der Waals surface area contributed by atoms with Crippen LogP contribution in [0.4, 0.5) is 0 Å². The zero-order valence-corrected chi connectivity index (χ0v) is 15.1. The normalized spacial score (nSPS) is 12.0. The van der Waals surface area contributed by atoms with E-state index in [9.17, 15) is 4.79 Å². The molecule has 0 bridgehead atoms. The van der Waals surface area contributed by atoms with Crippen LogP contribution in [0, 0.1) is 0 Å². The second kappa shape index (κ2) is 5.98. The van der Waals surface area contributed by atoms with Gasteiger partial charge in [0, 0.05) is 17.1 Å². The number of amides is 1. The first kappa shape index (κ1) is 16.3. The molecule has 4 aromatic rings. The number of carbonyl (C=O) groups excluding carboxylic acids is 1. The van der Waals surface area contributed by atoms with Crippen LogP contribution in [0.5, 0.6) is 0 Å². The summed E-state index contributed by atoms with van der Waals surface area (Å²) in [6, 6.07) is 13.8. The molecule has 2 N–H and O–H groups in total. The molecule has 0 spiro atoms. The molecule has 0 unspecified atom stereocenters. The molecule has 3 heterocycles. The van der Waals surface area contributed by atoms with E-state index in [-0.39, 0.29) is 11.3 Å². The summed E-state index contributed by atoms with van der Waals surface area (Å²) in [5.41, 5.74) is 3.57. The Morgan fingerprint density at radius 2 is 2.00 bits per heavy atom. The maximum absolute atomic E-state index is 12.5. The van der Waals surface area contributed by atoms with Crippen LogP contribution in [0.15, 0.2) is 48.7 Å². The molecule has 0 saturated carbocycles. The zero-order valence-electron chi connectivity index (χ0n) is 15.1. The number of benzene rings is 1. The van der Waals surface area contributed by atoms with Crippen molar-refractivity contribution in [2.75, 3.05) is 0 Å². The average molecular weight is 347 g/mol. The number of rotatable bonds is 3. The van der Waals surface area contributed by atoms with Crippen LogP contribution >= 0.6 is 0 Å². The quantitative estimate of drug-likeness (QED) is 0.596. The van der Waals surface area contributed by atoms with E-state index in [0.29, 0.717) is 18.1 Å². The van der Waals surface area contributed by atoms with Crippen molar-refractivity contribution in [3.05, 3.63) is 65.7 Å². The van der Waals surface area contributed by atoms with E-state index in [1.165, 1.54) is 5.56 Å². The van der Waals surface area contributed by atoms with Crippen molar-refractivity contribution >= 4 is 22.5 Å². The van der Waals surface area contributed by atoms with Crippen molar-refractivity contribution in [3.8, 4) is 0 Å². The van der Waals surface area contributed by atoms with Crippen LogP contribution in [-0.2, 0) is 12.0 Å². The molecule has 1 amide bonds. The van der Waals surface area contributed by atoms with Crippen molar-refractivity contribution in [3.63, 3.8) is 0 Å². The van der Waals surface area contributed by atoms with Gasteiger partial charge in [-0.3, -0.25) is 9.20 Å². The Labute approximate surface area is 151 Å². The summed E-state index contributed by atoms with van der Waals surface area (Å²) in [5.74, 6) is 0.534. The lowest BCUT2D eigenvalue weighted by Gasteiger charge is -2.18. The fourth-order valence-corrected chi connectivity index (χ4v) is 2.98. The molecule has 132 valence electrons. The average Bonchev–Trinajstić information content (AvgIpc) is 3.22. The number of aromatic nitrogens is 4. The summed E-state index contributed by atoms with van der Waals surface area (Å²) in [4.78, 5) is 15.7. The van der Waals surface area contributed by atoms with Crippen LogP contribution in [0.2, 0.25) is 0 Å². The van der Waals surface area contributed by atoms with Gasteiger partial charge in [0.15, 0.2) is 11.5 Å². The predicted molar refractivity (Wildman–Crippen MR) is 101 cm³/mol. The van der Waals surface area contributed by atoms with Crippen molar-refractivity contribution in [2.24, 2.45) is 0 Å². The number of carbonyl (C=O) groups is 1. The van der Waals surface area contributed by atoms with Gasteiger partial charge in [-0.25, -0.2) is 0 Å². The molecule has 0 saturated heterocycles. The topological polar surface area (TPSA) is 75.1 Å². The molecule has 0 aliphatic heterocycles. The Kier molecular flexibility index (Phi) is 3.76. The minimum absolute atomic E-state index is 0.0659. The fraction of sp³-hybridized carbons (Fsp3) is 0.250. The van der Waals surface area contributed by atoms with Gasteiger partial charge in [-0.1, -0.05) is 39.0 Å². The van der Waals surface area contributed by atoms with E-state index >= 15 is 0 Å². The van der Waals surface area contributed by atoms with E-state index in [1.807, 2.05) is 34.9 Å². The highest BCUT2D eigenvalue weighted by Gasteiger charge is 2.16. The van der Waals surface area contributed by atoms with Crippen LogP contribution in [-0.4, -0.2) is 25.5 Å². The molecule has 0 aliphatic carbocycles. The number of nitrogens with zero attached hydrogens (tertiary/aromatic N) is 3. The number of H-pyrrole nitrogens is 1. The molecule has 6 nitrogen and oxygen atoms in total. The van der Waals surface area contributed by atoms with Gasteiger partial charge < -0.3 is 10.3 Å². The third-order valence-electron chi connectivity index (χ3n) is 4.52. The van der Waals surface area contributed by atoms with Gasteiger partial charge in [0.25, 0.3) is 5.91 Å². The molecule has 1 aromatic carbocycles. The fourth-order valence-electron chi connectivity index (χ4n) is 2.98. The summed E-state index contributed by atoms with van der Waals surface area (Å²) in [5, 5.41) is 12.2. The van der Waals surface area contributed by atoms with Crippen molar-refractivity contribution < 1.29 is 4.79 Å². The first-order valence-electron chi connectivity index (χ1n) is 8.62. The number of aromatic amines is 1. The highest BCUT2D eigenvalue weighted by molar-refractivity contribution is 5.98. The van der Waals surface area contributed by atoms with E-state index in [4.69, 9.17) is 0 Å². The standard InChI is InChI=1S/C20H21N5O/c1-20(2,3)14-8-7-13-10-16(22-15(13)11-14)19(26)21-12-18-24-23-17-6-4-5-9-25(17)18/h4-11,22H,12H2,1-3H3,(H,21,26). The van der Waals surface area contributed by atoms with Gasteiger partial charge in [0.05, 0.1) is 6.54 Å². The molecule has 0 radical (unpaired) electrons. The first-order valence-corrected chi connectivity index (χ1v) is 8.62. The number of hydrogen-bond donors (Lipinski definition) is 2. The van der Waals surface area contributed by atoms with Crippen LogP contribution in [0.1, 0.15) is 42.6 Å². The molecular formula is C20H21N5O. The van der Waals surface area contributed by atoms with E-state index in [1.54, 1.807) is 0 Å². The maximum Gasteiger partial charge on any atom is 0.268 e. The number of fused-ring (bicyclic) bond motifs is 2. The second-order valence-corrected chi connectivity index (χ2v) is 7.46. The molecule has 6 heteroatoms. The summed E-state index contributed by atoms with van der Waals surface area (Å²) in [6.07, 6.45) is 1.88. The molecule has 3 aromatic heterocycles. The molecule has 26 heavy (non-hydrogen) atoms. The third-order valence-corrected chi connectivity index (χ3v) is 4.52. The number of nitrogens with one attached hydrogen (secondary N) is 2. The Balaban J connectivity index is 1.54. The van der Waals surface area contributed by atoms with Gasteiger partial charge in [0.2, 0.25) is 0 Å². The van der Waals surface area contributed by atoms with E-state index in [2.05, 4.69) is 59.5 Å². The van der Waals surface area contributed by atoms with Crippen LogP contribution in [0.25, 0.3) is 16.6 Å². The van der Waals surface area contributed by atoms with Gasteiger partial charge in [-0.2, -0.15) is 0 Å². The largest absolute Gasteiger partial charge is 0.351 e. The first-order chi connectivity index (χ1) is 12.4. The predicted octanol–water partition coefficient (Wildman–Crippen LogP) is 3.44. The Hall–Kier alpha value is -3.15. The lowest BCUT2D eigenvalue weighted by molar-refractivity contribution is 0.0945. The summed E-state index contributed by atoms with van der Waals surface area (Å²) < 4.78 is 1.86. The van der Waals surface area contributed by atoms with Gasteiger partial charge in [-0.05, 0) is 35.2 Å². The van der Waals surface area contributed by atoms with Crippen LogP contribution < -0.4 is 5.32 Å². The minimum Gasteiger partial charge on any atom is -0.351 e. The Morgan fingerprint density at radius 3 is 2.81 bits per heavy atom. The van der Waals surface area contributed by atoms with E-state index < -0.39 is 0 Å². The maximum atomic E-state index is 12.5. The molecule has 0 fully saturated rings.